The van der Waals surface area contributed by atoms with Crippen molar-refractivity contribution in [3.05, 3.63) is 163 Å². The van der Waals surface area contributed by atoms with Gasteiger partial charge in [-0.3, -0.25) is 0 Å². The van der Waals surface area contributed by atoms with Crippen LogP contribution in [0.1, 0.15) is 25.0 Å². The first kappa shape index (κ1) is 25.9. The van der Waals surface area contributed by atoms with Crippen LogP contribution in [-0.4, -0.2) is 4.98 Å². The SMILES string of the molecule is CC1(C)c2ccccc2-c2c(-c3c4ccccc4c(-c4ccc5ccccc5n4)c4ccc(-c5ccccc5)cc34)cccc21. The molecule has 1 aliphatic carbocycles. The summed E-state index contributed by atoms with van der Waals surface area (Å²) >= 11 is 0. The summed E-state index contributed by atoms with van der Waals surface area (Å²) < 4.78 is 0. The van der Waals surface area contributed by atoms with E-state index in [1.165, 1.54) is 71.6 Å². The molecule has 1 aliphatic rings. The van der Waals surface area contributed by atoms with Gasteiger partial charge in [-0.05, 0) is 84.3 Å². The number of fused-ring (bicyclic) bond motifs is 6. The van der Waals surface area contributed by atoms with Crippen molar-refractivity contribution in [1.82, 2.24) is 4.98 Å². The number of hydrogen-bond donors (Lipinski definition) is 0. The van der Waals surface area contributed by atoms with E-state index in [1.807, 2.05) is 0 Å². The van der Waals surface area contributed by atoms with Gasteiger partial charge in [0, 0.05) is 16.4 Å². The minimum Gasteiger partial charge on any atom is -0.248 e. The maximum atomic E-state index is 5.24. The summed E-state index contributed by atoms with van der Waals surface area (Å²) in [4.78, 5) is 5.24. The number of hydrogen-bond acceptors (Lipinski definition) is 1. The van der Waals surface area contributed by atoms with Gasteiger partial charge >= 0.3 is 0 Å². The molecule has 1 nitrogen and oxygen atoms in total. The Kier molecular flexibility index (Phi) is 5.61. The van der Waals surface area contributed by atoms with Gasteiger partial charge < -0.3 is 0 Å². The second-order valence-corrected chi connectivity index (χ2v) is 12.7. The van der Waals surface area contributed by atoms with Crippen LogP contribution in [0, 0.1) is 0 Å². The lowest BCUT2D eigenvalue weighted by Gasteiger charge is -2.23. The van der Waals surface area contributed by atoms with Crippen LogP contribution in [0.5, 0.6) is 0 Å². The van der Waals surface area contributed by atoms with Crippen molar-refractivity contribution in [2.24, 2.45) is 0 Å². The van der Waals surface area contributed by atoms with E-state index in [0.29, 0.717) is 0 Å². The third-order valence-electron chi connectivity index (χ3n) is 9.86. The first-order valence-corrected chi connectivity index (χ1v) is 15.7. The molecule has 0 fully saturated rings. The molecule has 0 N–H and O–H groups in total. The molecule has 8 aromatic rings. The first-order chi connectivity index (χ1) is 22.1. The summed E-state index contributed by atoms with van der Waals surface area (Å²) in [6.45, 7) is 4.72. The number of para-hydroxylation sites is 1. The van der Waals surface area contributed by atoms with Crippen molar-refractivity contribution < 1.29 is 0 Å². The van der Waals surface area contributed by atoms with E-state index in [-0.39, 0.29) is 5.41 Å². The first-order valence-electron chi connectivity index (χ1n) is 15.7. The molecule has 9 rings (SSSR count). The second-order valence-electron chi connectivity index (χ2n) is 12.7. The Labute approximate surface area is 263 Å². The van der Waals surface area contributed by atoms with E-state index < -0.39 is 0 Å². The van der Waals surface area contributed by atoms with Crippen LogP contribution in [0.3, 0.4) is 0 Å². The molecule has 0 saturated carbocycles. The van der Waals surface area contributed by atoms with Gasteiger partial charge in [0.15, 0.2) is 0 Å². The zero-order valence-corrected chi connectivity index (χ0v) is 25.4. The highest BCUT2D eigenvalue weighted by molar-refractivity contribution is 6.23. The van der Waals surface area contributed by atoms with E-state index in [2.05, 4.69) is 166 Å². The standard InChI is InChI=1S/C44H31N/c1-44(2)37-20-10-9-18-34(37)42-35(19-12-21-38(42)44)41-31-16-7-8-17-32(31)43(40-26-24-29-15-6-11-22-39(29)45-40)33-25-23-30(27-36(33)41)28-13-4-3-5-14-28/h3-27H,1-2H3. The molecule has 212 valence electrons. The van der Waals surface area contributed by atoms with Crippen LogP contribution in [0.25, 0.3) is 77.1 Å². The second kappa shape index (κ2) is 9.74. The molecule has 1 heterocycles. The van der Waals surface area contributed by atoms with Gasteiger partial charge in [0.05, 0.1) is 11.2 Å². The summed E-state index contributed by atoms with van der Waals surface area (Å²) in [6, 6.07) is 55.3. The molecule has 0 radical (unpaired) electrons. The van der Waals surface area contributed by atoms with Crippen LogP contribution in [0.4, 0.5) is 0 Å². The van der Waals surface area contributed by atoms with E-state index >= 15 is 0 Å². The Morgan fingerprint density at radius 1 is 0.422 bits per heavy atom. The van der Waals surface area contributed by atoms with Gasteiger partial charge in [-0.1, -0.05) is 147 Å². The molecule has 0 saturated heterocycles. The maximum absolute atomic E-state index is 5.24. The van der Waals surface area contributed by atoms with Crippen LogP contribution < -0.4 is 0 Å². The van der Waals surface area contributed by atoms with Gasteiger partial charge in [-0.25, -0.2) is 4.98 Å². The lowest BCUT2D eigenvalue weighted by molar-refractivity contribution is 0.660. The van der Waals surface area contributed by atoms with Gasteiger partial charge in [-0.2, -0.15) is 0 Å². The number of nitrogens with zero attached hydrogens (tertiary/aromatic N) is 1. The number of rotatable bonds is 3. The monoisotopic (exact) mass is 573 g/mol. The Bertz CT molecular complexity index is 2450. The minimum absolute atomic E-state index is 0.0717. The molecule has 1 aromatic heterocycles. The molecule has 1 heteroatoms. The highest BCUT2D eigenvalue weighted by Crippen LogP contribution is 2.54. The fraction of sp³-hybridized carbons (Fsp3) is 0.0682. The molecule has 45 heavy (non-hydrogen) atoms. The van der Waals surface area contributed by atoms with E-state index in [9.17, 15) is 0 Å². The van der Waals surface area contributed by atoms with Crippen LogP contribution in [0.15, 0.2) is 152 Å². The van der Waals surface area contributed by atoms with E-state index in [4.69, 9.17) is 4.98 Å². The van der Waals surface area contributed by atoms with Gasteiger partial charge in [-0.15, -0.1) is 0 Å². The highest BCUT2D eigenvalue weighted by Gasteiger charge is 2.37. The lowest BCUT2D eigenvalue weighted by Crippen LogP contribution is -2.14. The average molecular weight is 574 g/mol. The lowest BCUT2D eigenvalue weighted by atomic mass is 9.80. The van der Waals surface area contributed by atoms with Gasteiger partial charge in [0.1, 0.15) is 0 Å². The Hall–Kier alpha value is -5.53. The molecule has 0 aliphatic heterocycles. The molecular formula is C44H31N. The smallest absolute Gasteiger partial charge is 0.0722 e. The van der Waals surface area contributed by atoms with Crippen LogP contribution in [-0.2, 0) is 5.41 Å². The van der Waals surface area contributed by atoms with E-state index in [0.717, 1.165) is 16.6 Å². The zero-order valence-electron chi connectivity index (χ0n) is 25.4. The normalized spacial score (nSPS) is 13.3. The predicted octanol–water partition coefficient (Wildman–Crippen LogP) is 11.8. The Balaban J connectivity index is 1.45. The van der Waals surface area contributed by atoms with Crippen molar-refractivity contribution in [1.29, 1.82) is 0 Å². The molecular weight excluding hydrogens is 542 g/mol. The third kappa shape index (κ3) is 3.84. The topological polar surface area (TPSA) is 12.9 Å². The minimum atomic E-state index is -0.0717. The molecule has 0 spiro atoms. The van der Waals surface area contributed by atoms with E-state index in [1.54, 1.807) is 0 Å². The van der Waals surface area contributed by atoms with Crippen molar-refractivity contribution in [3.63, 3.8) is 0 Å². The summed E-state index contributed by atoms with van der Waals surface area (Å²) in [7, 11) is 0. The third-order valence-corrected chi connectivity index (χ3v) is 9.86. The summed E-state index contributed by atoms with van der Waals surface area (Å²) in [6.07, 6.45) is 0. The van der Waals surface area contributed by atoms with Crippen molar-refractivity contribution in [2.75, 3.05) is 0 Å². The number of benzene rings is 7. The van der Waals surface area contributed by atoms with Crippen molar-refractivity contribution in [3.8, 4) is 44.6 Å². The molecule has 0 amide bonds. The predicted molar refractivity (Wildman–Crippen MR) is 191 cm³/mol. The van der Waals surface area contributed by atoms with Crippen LogP contribution >= 0.6 is 0 Å². The highest BCUT2D eigenvalue weighted by atomic mass is 14.7. The summed E-state index contributed by atoms with van der Waals surface area (Å²) in [5.74, 6) is 0. The van der Waals surface area contributed by atoms with Crippen molar-refractivity contribution >= 4 is 32.4 Å². The number of aromatic nitrogens is 1. The molecule has 0 unspecified atom stereocenters. The molecule has 7 aromatic carbocycles. The van der Waals surface area contributed by atoms with Crippen molar-refractivity contribution in [2.45, 2.75) is 19.3 Å². The van der Waals surface area contributed by atoms with Crippen LogP contribution in [0.2, 0.25) is 0 Å². The van der Waals surface area contributed by atoms with Gasteiger partial charge in [0.2, 0.25) is 0 Å². The fourth-order valence-corrected chi connectivity index (χ4v) is 7.72. The maximum Gasteiger partial charge on any atom is 0.0722 e. The molecule has 0 atom stereocenters. The quantitative estimate of drug-likeness (QED) is 0.192. The Morgan fingerprint density at radius 2 is 1.09 bits per heavy atom. The van der Waals surface area contributed by atoms with Gasteiger partial charge in [0.25, 0.3) is 0 Å². The average Bonchev–Trinajstić information content (AvgIpc) is 3.33. The summed E-state index contributed by atoms with van der Waals surface area (Å²) in [5, 5.41) is 6.08. The fourth-order valence-electron chi connectivity index (χ4n) is 7.72. The molecule has 0 bridgehead atoms. The zero-order chi connectivity index (χ0) is 30.1. The Morgan fingerprint density at radius 3 is 1.96 bits per heavy atom. The summed E-state index contributed by atoms with van der Waals surface area (Å²) in [5.41, 5.74) is 13.6. The number of pyridine rings is 1. The largest absolute Gasteiger partial charge is 0.248 e.